The highest BCUT2D eigenvalue weighted by Crippen LogP contribution is 2.29. The third-order valence-electron chi connectivity index (χ3n) is 3.34. The number of halogens is 2. The molecule has 0 saturated carbocycles. The normalized spacial score (nSPS) is 15.4. The topological polar surface area (TPSA) is 36.4 Å². The van der Waals surface area contributed by atoms with Gasteiger partial charge in [0.05, 0.1) is 10.0 Å². The van der Waals surface area contributed by atoms with Crippen LogP contribution < -0.4 is 9.80 Å². The van der Waals surface area contributed by atoms with E-state index in [0.29, 0.717) is 29.0 Å². The van der Waals surface area contributed by atoms with Crippen molar-refractivity contribution in [3.63, 3.8) is 0 Å². The number of para-hydroxylation sites is 1. The molecule has 0 unspecified atom stereocenters. The van der Waals surface area contributed by atoms with E-state index < -0.39 is 0 Å². The Kier molecular flexibility index (Phi) is 3.99. The Bertz CT molecular complexity index is 663. The average Bonchev–Trinajstić information content (AvgIpc) is 2.49. The number of carbonyl (C=O) groups excluding carboxylic acids is 1. The predicted molar refractivity (Wildman–Crippen MR) is 85.4 cm³/mol. The number of nitrogens with zero attached hydrogens (tertiary/aromatic N) is 3. The van der Waals surface area contributed by atoms with Gasteiger partial charge in [0, 0.05) is 25.0 Å². The molecule has 4 nitrogen and oxygen atoms in total. The van der Waals surface area contributed by atoms with Gasteiger partial charge in [0.1, 0.15) is 0 Å². The predicted octanol–water partition coefficient (Wildman–Crippen LogP) is 4.23. The summed E-state index contributed by atoms with van der Waals surface area (Å²) in [4.78, 5) is 20.2. The molecule has 1 aliphatic heterocycles. The number of benzene rings is 1. The van der Waals surface area contributed by atoms with Crippen LogP contribution in [0, 0.1) is 0 Å². The maximum atomic E-state index is 12.7. The minimum absolute atomic E-state index is 0.121. The van der Waals surface area contributed by atoms with E-state index in [1.54, 1.807) is 15.9 Å². The van der Waals surface area contributed by atoms with Crippen LogP contribution in [0.2, 0.25) is 10.0 Å². The molecular weight excluding hydrogens is 309 g/mol. The van der Waals surface area contributed by atoms with E-state index in [-0.39, 0.29) is 6.03 Å². The summed E-state index contributed by atoms with van der Waals surface area (Å²) in [5.74, 6) is 0.451. The quantitative estimate of drug-likeness (QED) is 0.830. The monoisotopic (exact) mass is 321 g/mol. The molecule has 0 aliphatic carbocycles. The van der Waals surface area contributed by atoms with Crippen LogP contribution in [0.3, 0.4) is 0 Å². The van der Waals surface area contributed by atoms with Gasteiger partial charge < -0.3 is 0 Å². The van der Waals surface area contributed by atoms with Crippen molar-refractivity contribution in [1.29, 1.82) is 0 Å². The number of aromatic nitrogens is 1. The standard InChI is InChI=1S/C15H13Cl2N3O/c16-11-9-13(17)14(18-10-11)20-8-4-7-19(15(20)21)12-5-2-1-3-6-12/h1-3,5-6,9-10H,4,7-8H2. The lowest BCUT2D eigenvalue weighted by atomic mass is 10.2. The van der Waals surface area contributed by atoms with Crippen molar-refractivity contribution in [3.8, 4) is 0 Å². The van der Waals surface area contributed by atoms with Crippen LogP contribution in [0.5, 0.6) is 0 Å². The van der Waals surface area contributed by atoms with E-state index in [0.717, 1.165) is 12.1 Å². The number of carbonyl (C=O) groups is 1. The summed E-state index contributed by atoms with van der Waals surface area (Å²) in [6.45, 7) is 1.28. The fourth-order valence-corrected chi connectivity index (χ4v) is 2.86. The lowest BCUT2D eigenvalue weighted by Gasteiger charge is -2.35. The zero-order valence-electron chi connectivity index (χ0n) is 11.2. The Balaban J connectivity index is 1.92. The van der Waals surface area contributed by atoms with Crippen LogP contribution in [0.4, 0.5) is 16.3 Å². The Morgan fingerprint density at radius 3 is 2.48 bits per heavy atom. The summed E-state index contributed by atoms with van der Waals surface area (Å²) in [6, 6.07) is 11.1. The number of pyridine rings is 1. The van der Waals surface area contributed by atoms with Crippen molar-refractivity contribution >= 4 is 40.7 Å². The van der Waals surface area contributed by atoms with Gasteiger partial charge in [-0.25, -0.2) is 9.78 Å². The van der Waals surface area contributed by atoms with E-state index in [1.807, 2.05) is 30.3 Å². The van der Waals surface area contributed by atoms with Gasteiger partial charge in [-0.05, 0) is 24.6 Å². The molecule has 6 heteroatoms. The van der Waals surface area contributed by atoms with E-state index in [2.05, 4.69) is 4.98 Å². The lowest BCUT2D eigenvalue weighted by molar-refractivity contribution is 0.248. The molecule has 2 aromatic rings. The van der Waals surface area contributed by atoms with Gasteiger partial charge in [-0.15, -0.1) is 0 Å². The van der Waals surface area contributed by atoms with E-state index in [1.165, 1.54) is 6.20 Å². The molecule has 0 spiro atoms. The first-order valence-electron chi connectivity index (χ1n) is 6.62. The molecule has 0 atom stereocenters. The number of rotatable bonds is 2. The van der Waals surface area contributed by atoms with Gasteiger partial charge in [0.25, 0.3) is 0 Å². The maximum Gasteiger partial charge on any atom is 0.330 e. The zero-order valence-corrected chi connectivity index (χ0v) is 12.7. The molecule has 2 amide bonds. The second-order valence-electron chi connectivity index (χ2n) is 4.73. The molecule has 21 heavy (non-hydrogen) atoms. The van der Waals surface area contributed by atoms with Gasteiger partial charge in [0.15, 0.2) is 5.82 Å². The molecule has 1 fully saturated rings. The van der Waals surface area contributed by atoms with Crippen LogP contribution in [0.25, 0.3) is 0 Å². The highest BCUT2D eigenvalue weighted by Gasteiger charge is 2.29. The molecule has 1 aromatic carbocycles. The minimum Gasteiger partial charge on any atom is -0.294 e. The van der Waals surface area contributed by atoms with Crippen molar-refractivity contribution in [2.75, 3.05) is 22.9 Å². The summed E-state index contributed by atoms with van der Waals surface area (Å²) in [7, 11) is 0. The molecule has 1 aromatic heterocycles. The molecule has 0 radical (unpaired) electrons. The second-order valence-corrected chi connectivity index (χ2v) is 5.58. The van der Waals surface area contributed by atoms with E-state index in [9.17, 15) is 4.79 Å². The summed E-state index contributed by atoms with van der Waals surface area (Å²) >= 11 is 12.0. The van der Waals surface area contributed by atoms with Crippen molar-refractivity contribution < 1.29 is 4.79 Å². The van der Waals surface area contributed by atoms with Crippen LogP contribution in [0.1, 0.15) is 6.42 Å². The highest BCUT2D eigenvalue weighted by molar-refractivity contribution is 6.36. The molecule has 0 bridgehead atoms. The number of hydrogen-bond acceptors (Lipinski definition) is 2. The Labute approximate surface area is 132 Å². The van der Waals surface area contributed by atoms with Crippen molar-refractivity contribution in [2.45, 2.75) is 6.42 Å². The van der Waals surface area contributed by atoms with Crippen LogP contribution in [-0.4, -0.2) is 24.1 Å². The lowest BCUT2D eigenvalue weighted by Crippen LogP contribution is -2.50. The van der Waals surface area contributed by atoms with Crippen LogP contribution in [0.15, 0.2) is 42.6 Å². The summed E-state index contributed by atoms with van der Waals surface area (Å²) < 4.78 is 0. The fraction of sp³-hybridized carbons (Fsp3) is 0.200. The fourth-order valence-electron chi connectivity index (χ4n) is 2.37. The van der Waals surface area contributed by atoms with Crippen molar-refractivity contribution in [1.82, 2.24) is 4.98 Å². The largest absolute Gasteiger partial charge is 0.330 e. The van der Waals surface area contributed by atoms with Crippen LogP contribution >= 0.6 is 23.2 Å². The zero-order chi connectivity index (χ0) is 14.8. The Morgan fingerprint density at radius 2 is 1.76 bits per heavy atom. The van der Waals surface area contributed by atoms with Gasteiger partial charge in [0.2, 0.25) is 0 Å². The Hall–Kier alpha value is -1.78. The number of urea groups is 1. The molecule has 1 saturated heterocycles. The molecule has 108 valence electrons. The van der Waals surface area contributed by atoms with Gasteiger partial charge in [-0.1, -0.05) is 41.4 Å². The van der Waals surface area contributed by atoms with E-state index in [4.69, 9.17) is 23.2 Å². The third kappa shape index (κ3) is 2.82. The van der Waals surface area contributed by atoms with E-state index >= 15 is 0 Å². The minimum atomic E-state index is -0.121. The molecule has 2 heterocycles. The molecule has 0 N–H and O–H groups in total. The first-order chi connectivity index (χ1) is 10.2. The average molecular weight is 322 g/mol. The maximum absolute atomic E-state index is 12.7. The first kappa shape index (κ1) is 14.2. The summed E-state index contributed by atoms with van der Waals surface area (Å²) in [5, 5.41) is 0.832. The molecule has 1 aliphatic rings. The summed E-state index contributed by atoms with van der Waals surface area (Å²) in [6.07, 6.45) is 2.35. The summed E-state index contributed by atoms with van der Waals surface area (Å²) in [5.41, 5.74) is 0.872. The van der Waals surface area contributed by atoms with Gasteiger partial charge >= 0.3 is 6.03 Å². The SMILES string of the molecule is O=C1N(c2ccccc2)CCCN1c1ncc(Cl)cc1Cl. The van der Waals surface area contributed by atoms with Crippen LogP contribution in [-0.2, 0) is 0 Å². The smallest absolute Gasteiger partial charge is 0.294 e. The van der Waals surface area contributed by atoms with Crippen molar-refractivity contribution in [3.05, 3.63) is 52.6 Å². The number of anilines is 2. The van der Waals surface area contributed by atoms with Gasteiger partial charge in [-0.2, -0.15) is 0 Å². The third-order valence-corrected chi connectivity index (χ3v) is 3.82. The first-order valence-corrected chi connectivity index (χ1v) is 7.37. The van der Waals surface area contributed by atoms with Gasteiger partial charge in [-0.3, -0.25) is 9.80 Å². The Morgan fingerprint density at radius 1 is 1.05 bits per heavy atom. The second kappa shape index (κ2) is 5.92. The number of hydrogen-bond donors (Lipinski definition) is 0. The highest BCUT2D eigenvalue weighted by atomic mass is 35.5. The molecular formula is C15H13Cl2N3O. The number of amides is 2. The van der Waals surface area contributed by atoms with Crippen molar-refractivity contribution in [2.24, 2.45) is 0 Å². The molecule has 3 rings (SSSR count).